The first-order valence-electron chi connectivity index (χ1n) is 10.5. The van der Waals surface area contributed by atoms with E-state index in [0.29, 0.717) is 48.0 Å². The van der Waals surface area contributed by atoms with Crippen molar-refractivity contribution in [2.45, 2.75) is 77.2 Å². The molecule has 0 aliphatic heterocycles. The second kappa shape index (κ2) is 6.32. The number of carbonyl (C=O) groups is 1. The van der Waals surface area contributed by atoms with Gasteiger partial charge in [0.25, 0.3) is 0 Å². The van der Waals surface area contributed by atoms with Crippen LogP contribution in [-0.4, -0.2) is 28.2 Å². The molecular formula is C22H33ClO3. The van der Waals surface area contributed by atoms with Crippen LogP contribution in [0.4, 0.5) is 0 Å². The van der Waals surface area contributed by atoms with Crippen LogP contribution in [0.2, 0.25) is 0 Å². The van der Waals surface area contributed by atoms with Gasteiger partial charge >= 0.3 is 0 Å². The molecule has 0 heterocycles. The third-order valence-corrected chi connectivity index (χ3v) is 9.49. The molecule has 0 aromatic rings. The number of hydrogen-bond acceptors (Lipinski definition) is 3. The summed E-state index contributed by atoms with van der Waals surface area (Å²) in [6, 6.07) is 0. The largest absolute Gasteiger partial charge is 0.396 e. The third kappa shape index (κ3) is 2.49. The zero-order valence-electron chi connectivity index (χ0n) is 16.1. The average Bonchev–Trinajstić information content (AvgIpc) is 2.86. The fourth-order valence-corrected chi connectivity index (χ4v) is 7.90. The molecule has 2 unspecified atom stereocenters. The van der Waals surface area contributed by atoms with Gasteiger partial charge < -0.3 is 10.2 Å². The molecule has 0 spiro atoms. The second-order valence-electron chi connectivity index (χ2n) is 9.99. The number of carbonyl (C=O) groups excluding carboxylic acids is 1. The molecular weight excluding hydrogens is 348 g/mol. The molecule has 4 aliphatic rings. The first kappa shape index (κ1) is 19.0. The molecule has 0 aromatic heterocycles. The van der Waals surface area contributed by atoms with Gasteiger partial charge in [0, 0.05) is 13.0 Å². The summed E-state index contributed by atoms with van der Waals surface area (Å²) < 4.78 is 0. The summed E-state index contributed by atoms with van der Waals surface area (Å²) in [5, 5.41) is 21.2. The predicted molar refractivity (Wildman–Crippen MR) is 103 cm³/mol. The number of fused-ring (bicyclic) bond motifs is 5. The van der Waals surface area contributed by atoms with E-state index in [2.05, 4.69) is 19.9 Å². The van der Waals surface area contributed by atoms with Gasteiger partial charge in [0.1, 0.15) is 0 Å². The van der Waals surface area contributed by atoms with E-state index in [9.17, 15) is 15.0 Å². The van der Waals surface area contributed by atoms with Gasteiger partial charge in [-0.1, -0.05) is 31.5 Å². The van der Waals surface area contributed by atoms with E-state index in [1.807, 2.05) is 0 Å². The Morgan fingerprint density at radius 3 is 2.62 bits per heavy atom. The topological polar surface area (TPSA) is 57.5 Å². The smallest absolute Gasteiger partial charge is 0.174 e. The maximum absolute atomic E-state index is 12.1. The van der Waals surface area contributed by atoms with Gasteiger partial charge in [-0.15, -0.1) is 0 Å². The molecule has 4 rings (SSSR count). The number of hydrogen-bond donors (Lipinski definition) is 2. The SMILES string of the molecule is C[C@]12C=C(Cl)C(=O)CC1CC[C@@H]1[C@H]2CC[C@@]2(C)[C@H]1CCC2(O)CCCO. The average molecular weight is 381 g/mol. The number of ketones is 1. The molecule has 0 saturated heterocycles. The molecule has 0 amide bonds. The van der Waals surface area contributed by atoms with Gasteiger partial charge in [-0.3, -0.25) is 4.79 Å². The normalized spacial score (nSPS) is 50.7. The van der Waals surface area contributed by atoms with Crippen molar-refractivity contribution in [3.05, 3.63) is 11.1 Å². The Balaban J connectivity index is 1.64. The van der Waals surface area contributed by atoms with Gasteiger partial charge in [0.05, 0.1) is 10.6 Å². The number of allylic oxidation sites excluding steroid dienone is 2. The van der Waals surface area contributed by atoms with Crippen LogP contribution in [-0.2, 0) is 4.79 Å². The number of rotatable bonds is 3. The van der Waals surface area contributed by atoms with Crippen molar-refractivity contribution in [2.24, 2.45) is 34.5 Å². The minimum atomic E-state index is -0.626. The highest BCUT2D eigenvalue weighted by molar-refractivity contribution is 6.42. The Labute approximate surface area is 162 Å². The highest BCUT2D eigenvalue weighted by atomic mass is 35.5. The van der Waals surface area contributed by atoms with Crippen molar-refractivity contribution in [1.29, 1.82) is 0 Å². The molecule has 3 nitrogen and oxygen atoms in total. The fourth-order valence-electron chi connectivity index (χ4n) is 7.58. The van der Waals surface area contributed by atoms with E-state index in [1.165, 1.54) is 6.42 Å². The zero-order chi connectivity index (χ0) is 18.7. The number of Topliss-reactive ketones (excluding diaryl/α,β-unsaturated/α-hetero) is 1. The van der Waals surface area contributed by atoms with E-state index in [0.717, 1.165) is 32.1 Å². The van der Waals surface area contributed by atoms with Gasteiger partial charge in [0.2, 0.25) is 0 Å². The van der Waals surface area contributed by atoms with E-state index >= 15 is 0 Å². The predicted octanol–water partition coefficient (Wildman–Crippen LogP) is 4.44. The van der Waals surface area contributed by atoms with Crippen LogP contribution < -0.4 is 0 Å². The quantitative estimate of drug-likeness (QED) is 0.760. The lowest BCUT2D eigenvalue weighted by Crippen LogP contribution is -2.56. The Kier molecular flexibility index (Phi) is 4.61. The van der Waals surface area contributed by atoms with Crippen molar-refractivity contribution in [3.63, 3.8) is 0 Å². The van der Waals surface area contributed by atoms with Crippen molar-refractivity contribution in [2.75, 3.05) is 6.61 Å². The fraction of sp³-hybridized carbons (Fsp3) is 0.864. The molecule has 0 bridgehead atoms. The standard InChI is InChI=1S/C22H33ClO3/c1-20-13-18(23)19(25)12-14(20)4-5-15-16(20)6-9-21(2)17(15)7-10-22(21,26)8-3-11-24/h13-17,24,26H,3-12H2,1-2H3/t14?,15-,16-,17+,20+,21+,22?/m1/s1. The Morgan fingerprint density at radius 1 is 1.15 bits per heavy atom. The second-order valence-corrected chi connectivity index (χ2v) is 10.4. The summed E-state index contributed by atoms with van der Waals surface area (Å²) in [5.74, 6) is 2.28. The van der Waals surface area contributed by atoms with Crippen molar-refractivity contribution < 1.29 is 15.0 Å². The molecule has 26 heavy (non-hydrogen) atoms. The van der Waals surface area contributed by atoms with Crippen LogP contribution in [0, 0.1) is 34.5 Å². The van der Waals surface area contributed by atoms with Crippen LogP contribution >= 0.6 is 11.6 Å². The Bertz CT molecular complexity index is 631. The third-order valence-electron chi connectivity index (χ3n) is 9.17. The van der Waals surface area contributed by atoms with Crippen LogP contribution in [0.1, 0.15) is 71.6 Å². The van der Waals surface area contributed by atoms with Crippen molar-refractivity contribution >= 4 is 17.4 Å². The first-order chi connectivity index (χ1) is 12.2. The van der Waals surface area contributed by atoms with E-state index < -0.39 is 5.60 Å². The molecule has 0 radical (unpaired) electrons. The number of halogens is 1. The summed E-state index contributed by atoms with van der Waals surface area (Å²) in [4.78, 5) is 12.1. The summed E-state index contributed by atoms with van der Waals surface area (Å²) in [5.41, 5.74) is -0.634. The monoisotopic (exact) mass is 380 g/mol. The summed E-state index contributed by atoms with van der Waals surface area (Å²) in [7, 11) is 0. The molecule has 4 heteroatoms. The van der Waals surface area contributed by atoms with Crippen LogP contribution in [0.5, 0.6) is 0 Å². The highest BCUT2D eigenvalue weighted by Crippen LogP contribution is 2.68. The molecule has 3 fully saturated rings. The Morgan fingerprint density at radius 2 is 1.88 bits per heavy atom. The zero-order valence-corrected chi connectivity index (χ0v) is 16.9. The van der Waals surface area contributed by atoms with Gasteiger partial charge in [-0.25, -0.2) is 0 Å². The molecule has 146 valence electrons. The molecule has 7 atom stereocenters. The van der Waals surface area contributed by atoms with Crippen LogP contribution in [0.15, 0.2) is 11.1 Å². The van der Waals surface area contributed by atoms with Crippen molar-refractivity contribution in [1.82, 2.24) is 0 Å². The van der Waals surface area contributed by atoms with Crippen LogP contribution in [0.25, 0.3) is 0 Å². The molecule has 0 aromatic carbocycles. The number of aliphatic hydroxyl groups excluding tert-OH is 1. The van der Waals surface area contributed by atoms with E-state index in [4.69, 9.17) is 11.6 Å². The Hall–Kier alpha value is -0.380. The first-order valence-corrected chi connectivity index (χ1v) is 10.9. The molecule has 4 aliphatic carbocycles. The van der Waals surface area contributed by atoms with E-state index in [1.54, 1.807) is 0 Å². The molecule has 2 N–H and O–H groups in total. The maximum Gasteiger partial charge on any atom is 0.174 e. The summed E-state index contributed by atoms with van der Waals surface area (Å²) in [6.45, 7) is 4.80. The highest BCUT2D eigenvalue weighted by Gasteiger charge is 2.64. The molecule has 3 saturated carbocycles. The summed E-state index contributed by atoms with van der Waals surface area (Å²) >= 11 is 6.30. The van der Waals surface area contributed by atoms with Crippen molar-refractivity contribution in [3.8, 4) is 0 Å². The minimum Gasteiger partial charge on any atom is -0.396 e. The maximum atomic E-state index is 12.1. The lowest BCUT2D eigenvalue weighted by atomic mass is 9.45. The lowest BCUT2D eigenvalue weighted by molar-refractivity contribution is -0.144. The minimum absolute atomic E-state index is 0.0288. The van der Waals surface area contributed by atoms with Gasteiger partial charge in [-0.2, -0.15) is 0 Å². The van der Waals surface area contributed by atoms with Gasteiger partial charge in [0.15, 0.2) is 5.78 Å². The number of aliphatic hydroxyl groups is 2. The lowest BCUT2D eigenvalue weighted by Gasteiger charge is -2.60. The van der Waals surface area contributed by atoms with Gasteiger partial charge in [-0.05, 0) is 85.9 Å². The van der Waals surface area contributed by atoms with Crippen LogP contribution in [0.3, 0.4) is 0 Å². The summed E-state index contributed by atoms with van der Waals surface area (Å²) in [6.07, 6.45) is 10.5. The van der Waals surface area contributed by atoms with E-state index in [-0.39, 0.29) is 23.2 Å².